The molecule has 1 heterocycles. The molecule has 0 aromatic heterocycles. The topological polar surface area (TPSA) is 29.5 Å². The molecule has 0 bridgehead atoms. The van der Waals surface area contributed by atoms with Crippen LogP contribution in [0.5, 0.6) is 5.75 Å². The Morgan fingerprint density at radius 1 is 1.47 bits per heavy atom. The Kier molecular flexibility index (Phi) is 4.69. The SMILES string of the molecule is COc1cc(Br)ccc1CN1CC[S@@](=O)C(C)(C)C1. The third-order valence-corrected chi connectivity index (χ3v) is 5.87. The third kappa shape index (κ3) is 3.58. The molecule has 0 aliphatic carbocycles. The molecule has 1 aliphatic heterocycles. The lowest BCUT2D eigenvalue weighted by atomic mass is 10.1. The number of ether oxygens (including phenoxy) is 1. The van der Waals surface area contributed by atoms with Gasteiger partial charge in [0, 0.05) is 46.2 Å². The molecule has 1 aromatic rings. The summed E-state index contributed by atoms with van der Waals surface area (Å²) in [6.07, 6.45) is 0. The molecule has 1 atom stereocenters. The van der Waals surface area contributed by atoms with E-state index in [-0.39, 0.29) is 4.75 Å². The van der Waals surface area contributed by atoms with Crippen molar-refractivity contribution in [3.8, 4) is 5.75 Å². The highest BCUT2D eigenvalue weighted by Gasteiger charge is 2.33. The van der Waals surface area contributed by atoms with Crippen LogP contribution in [0, 0.1) is 0 Å². The molecule has 106 valence electrons. The molecule has 1 aromatic carbocycles. The Bertz CT molecular complexity index is 490. The smallest absolute Gasteiger partial charge is 0.124 e. The summed E-state index contributed by atoms with van der Waals surface area (Å²) >= 11 is 3.45. The minimum Gasteiger partial charge on any atom is -0.496 e. The number of halogens is 1. The zero-order chi connectivity index (χ0) is 14.0. The van der Waals surface area contributed by atoms with Crippen LogP contribution in [0.3, 0.4) is 0 Å². The van der Waals surface area contributed by atoms with Gasteiger partial charge in [-0.2, -0.15) is 0 Å². The van der Waals surface area contributed by atoms with Crippen LogP contribution in [0.4, 0.5) is 0 Å². The summed E-state index contributed by atoms with van der Waals surface area (Å²) in [5.41, 5.74) is 1.18. The lowest BCUT2D eigenvalue weighted by Crippen LogP contribution is -2.49. The summed E-state index contributed by atoms with van der Waals surface area (Å²) in [6, 6.07) is 6.11. The van der Waals surface area contributed by atoms with Gasteiger partial charge in [0.2, 0.25) is 0 Å². The zero-order valence-corrected chi connectivity index (χ0v) is 14.0. The van der Waals surface area contributed by atoms with E-state index in [1.807, 2.05) is 12.1 Å². The predicted molar refractivity (Wildman–Crippen MR) is 83.1 cm³/mol. The first-order valence-corrected chi connectivity index (χ1v) is 8.47. The van der Waals surface area contributed by atoms with Crippen LogP contribution in [0.15, 0.2) is 22.7 Å². The number of benzene rings is 1. The van der Waals surface area contributed by atoms with Crippen molar-refractivity contribution in [2.45, 2.75) is 25.1 Å². The maximum absolute atomic E-state index is 11.9. The fraction of sp³-hybridized carbons (Fsp3) is 0.571. The number of methoxy groups -OCH3 is 1. The first-order chi connectivity index (χ1) is 8.92. The van der Waals surface area contributed by atoms with Gasteiger partial charge < -0.3 is 4.74 Å². The normalized spacial score (nSPS) is 23.3. The molecule has 0 saturated carbocycles. The quantitative estimate of drug-likeness (QED) is 0.843. The molecule has 2 rings (SSSR count). The lowest BCUT2D eigenvalue weighted by molar-refractivity contribution is 0.244. The molecule has 1 aliphatic rings. The number of nitrogens with zero attached hydrogens (tertiary/aromatic N) is 1. The van der Waals surface area contributed by atoms with Crippen LogP contribution >= 0.6 is 15.9 Å². The largest absolute Gasteiger partial charge is 0.496 e. The van der Waals surface area contributed by atoms with Crippen LogP contribution in [-0.2, 0) is 17.3 Å². The van der Waals surface area contributed by atoms with Gasteiger partial charge in [-0.3, -0.25) is 9.11 Å². The first kappa shape index (κ1) is 15.0. The Morgan fingerprint density at radius 2 is 2.21 bits per heavy atom. The molecule has 0 amide bonds. The molecule has 5 heteroatoms. The minimum atomic E-state index is -0.720. The van der Waals surface area contributed by atoms with Gasteiger partial charge in [-0.25, -0.2) is 0 Å². The van der Waals surface area contributed by atoms with E-state index in [0.717, 1.165) is 35.6 Å². The van der Waals surface area contributed by atoms with Crippen LogP contribution in [-0.4, -0.2) is 39.8 Å². The molecular formula is C14H20BrNO2S. The second kappa shape index (κ2) is 5.94. The molecular weight excluding hydrogens is 326 g/mol. The Labute approximate surface area is 125 Å². The van der Waals surface area contributed by atoms with Crippen LogP contribution in [0.25, 0.3) is 0 Å². The Morgan fingerprint density at radius 3 is 2.84 bits per heavy atom. The third-order valence-electron chi connectivity index (χ3n) is 3.46. The average molecular weight is 346 g/mol. The highest BCUT2D eigenvalue weighted by Crippen LogP contribution is 2.27. The summed E-state index contributed by atoms with van der Waals surface area (Å²) in [5.74, 6) is 1.66. The van der Waals surface area contributed by atoms with Crippen molar-refractivity contribution < 1.29 is 8.95 Å². The Balaban J connectivity index is 2.12. The van der Waals surface area contributed by atoms with Crippen molar-refractivity contribution in [2.75, 3.05) is 26.0 Å². The second-order valence-electron chi connectivity index (χ2n) is 5.48. The summed E-state index contributed by atoms with van der Waals surface area (Å²) in [4.78, 5) is 2.35. The van der Waals surface area contributed by atoms with Gasteiger partial charge >= 0.3 is 0 Å². The van der Waals surface area contributed by atoms with Gasteiger partial charge in [-0.1, -0.05) is 22.0 Å². The van der Waals surface area contributed by atoms with Crippen molar-refractivity contribution in [1.82, 2.24) is 4.90 Å². The van der Waals surface area contributed by atoms with Gasteiger partial charge in [0.25, 0.3) is 0 Å². The Hall–Kier alpha value is -0.390. The summed E-state index contributed by atoms with van der Waals surface area (Å²) in [6.45, 7) is 6.74. The maximum Gasteiger partial charge on any atom is 0.124 e. The van der Waals surface area contributed by atoms with Crippen molar-refractivity contribution in [3.05, 3.63) is 28.2 Å². The fourth-order valence-corrected chi connectivity index (χ4v) is 4.05. The monoisotopic (exact) mass is 345 g/mol. The lowest BCUT2D eigenvalue weighted by Gasteiger charge is -2.37. The van der Waals surface area contributed by atoms with Crippen molar-refractivity contribution in [3.63, 3.8) is 0 Å². The predicted octanol–water partition coefficient (Wildman–Crippen LogP) is 2.80. The maximum atomic E-state index is 11.9. The van der Waals surface area contributed by atoms with Crippen molar-refractivity contribution >= 4 is 26.7 Å². The molecule has 3 nitrogen and oxygen atoms in total. The first-order valence-electron chi connectivity index (χ1n) is 6.35. The molecule has 0 radical (unpaired) electrons. The molecule has 1 fully saturated rings. The molecule has 19 heavy (non-hydrogen) atoms. The van der Waals surface area contributed by atoms with E-state index in [9.17, 15) is 4.21 Å². The zero-order valence-electron chi connectivity index (χ0n) is 11.6. The van der Waals surface area contributed by atoms with Crippen LogP contribution in [0.2, 0.25) is 0 Å². The molecule has 1 saturated heterocycles. The number of rotatable bonds is 3. The summed E-state index contributed by atoms with van der Waals surface area (Å²) in [7, 11) is 0.974. The van der Waals surface area contributed by atoms with Gasteiger partial charge in [0.1, 0.15) is 5.75 Å². The number of hydrogen-bond donors (Lipinski definition) is 0. The summed E-state index contributed by atoms with van der Waals surface area (Å²) in [5, 5.41) is 0. The van der Waals surface area contributed by atoms with E-state index >= 15 is 0 Å². The van der Waals surface area contributed by atoms with Crippen molar-refractivity contribution in [1.29, 1.82) is 0 Å². The highest BCUT2D eigenvalue weighted by atomic mass is 79.9. The van der Waals surface area contributed by atoms with Gasteiger partial charge in [-0.15, -0.1) is 0 Å². The van der Waals surface area contributed by atoms with E-state index in [4.69, 9.17) is 4.74 Å². The number of hydrogen-bond acceptors (Lipinski definition) is 3. The van der Waals surface area contributed by atoms with Gasteiger partial charge in [-0.05, 0) is 26.0 Å². The minimum absolute atomic E-state index is 0.124. The highest BCUT2D eigenvalue weighted by molar-refractivity contribution is 9.10. The van der Waals surface area contributed by atoms with Gasteiger partial charge in [0.15, 0.2) is 0 Å². The van der Waals surface area contributed by atoms with E-state index in [1.165, 1.54) is 5.56 Å². The van der Waals surface area contributed by atoms with E-state index < -0.39 is 10.8 Å². The van der Waals surface area contributed by atoms with E-state index in [1.54, 1.807) is 7.11 Å². The van der Waals surface area contributed by atoms with E-state index in [0.29, 0.717) is 0 Å². The fourth-order valence-electron chi connectivity index (χ4n) is 2.40. The molecule has 0 spiro atoms. The van der Waals surface area contributed by atoms with Gasteiger partial charge in [0.05, 0.1) is 11.9 Å². The van der Waals surface area contributed by atoms with Crippen LogP contribution in [0.1, 0.15) is 19.4 Å². The average Bonchev–Trinajstić information content (AvgIpc) is 2.35. The standard InChI is InChI=1S/C14H20BrNO2S/c1-14(2)10-16(6-7-19(14)17)9-11-4-5-12(15)8-13(11)18-3/h4-5,8H,6-7,9-10H2,1-3H3/t19-/m1/s1. The molecule has 0 unspecified atom stereocenters. The van der Waals surface area contributed by atoms with E-state index in [2.05, 4.69) is 40.7 Å². The van der Waals surface area contributed by atoms with Crippen molar-refractivity contribution in [2.24, 2.45) is 0 Å². The molecule has 0 N–H and O–H groups in total. The van der Waals surface area contributed by atoms with Crippen LogP contribution < -0.4 is 4.74 Å². The summed E-state index contributed by atoms with van der Waals surface area (Å²) < 4.78 is 18.3. The second-order valence-corrected chi connectivity index (χ2v) is 8.60.